The normalized spacial score (nSPS) is 22.7. The fourth-order valence-corrected chi connectivity index (χ4v) is 2.76. The first-order chi connectivity index (χ1) is 8.99. The molecule has 6 heteroatoms. The van der Waals surface area contributed by atoms with Crippen LogP contribution in [-0.4, -0.2) is 66.1 Å². The topological polar surface area (TPSA) is 52.6 Å². The Kier molecular flexibility index (Phi) is 6.65. The van der Waals surface area contributed by atoms with Crippen LogP contribution in [0.1, 0.15) is 26.7 Å². The molecule has 0 radical (unpaired) electrons. The molecule has 19 heavy (non-hydrogen) atoms. The van der Waals surface area contributed by atoms with Crippen LogP contribution < -0.4 is 5.32 Å². The van der Waals surface area contributed by atoms with Crippen LogP contribution in [0.3, 0.4) is 0 Å². The third-order valence-corrected chi connectivity index (χ3v) is 3.88. The van der Waals surface area contributed by atoms with Crippen molar-refractivity contribution < 1.29 is 9.59 Å². The van der Waals surface area contributed by atoms with Crippen molar-refractivity contribution in [1.82, 2.24) is 15.1 Å². The van der Waals surface area contributed by atoms with Crippen LogP contribution in [0.15, 0.2) is 0 Å². The van der Waals surface area contributed by atoms with Gasteiger partial charge in [0.15, 0.2) is 0 Å². The van der Waals surface area contributed by atoms with Crippen LogP contribution in [0.2, 0.25) is 0 Å². The van der Waals surface area contributed by atoms with Crippen molar-refractivity contribution in [1.29, 1.82) is 0 Å². The number of nitrogens with one attached hydrogen (secondary N) is 1. The molecule has 0 aliphatic carbocycles. The third-order valence-electron chi connectivity index (χ3n) is 3.51. The summed E-state index contributed by atoms with van der Waals surface area (Å²) >= 11 is 4.18. The second-order valence-corrected chi connectivity index (χ2v) is 5.51. The molecule has 1 heterocycles. The summed E-state index contributed by atoms with van der Waals surface area (Å²) in [5.74, 6) is 0.140. The van der Waals surface area contributed by atoms with Gasteiger partial charge in [-0.05, 0) is 26.4 Å². The highest BCUT2D eigenvalue weighted by atomic mass is 32.1. The number of carbonyl (C=O) groups excluding carboxylic acids is 2. The van der Waals surface area contributed by atoms with Gasteiger partial charge in [-0.2, -0.15) is 12.6 Å². The van der Waals surface area contributed by atoms with Crippen molar-refractivity contribution in [3.05, 3.63) is 0 Å². The van der Waals surface area contributed by atoms with Gasteiger partial charge in [0.2, 0.25) is 11.8 Å². The second kappa shape index (κ2) is 7.75. The van der Waals surface area contributed by atoms with Crippen LogP contribution in [0.4, 0.5) is 0 Å². The Morgan fingerprint density at radius 3 is 2.63 bits per heavy atom. The van der Waals surface area contributed by atoms with Crippen molar-refractivity contribution >= 4 is 24.4 Å². The maximum absolute atomic E-state index is 12.5. The summed E-state index contributed by atoms with van der Waals surface area (Å²) in [6.07, 6.45) is 1.90. The van der Waals surface area contributed by atoms with Crippen LogP contribution >= 0.6 is 12.6 Å². The van der Waals surface area contributed by atoms with Gasteiger partial charge in [0.1, 0.15) is 6.04 Å². The number of hydrogen-bond acceptors (Lipinski definition) is 4. The maximum Gasteiger partial charge on any atom is 0.246 e. The second-order valence-electron chi connectivity index (χ2n) is 5.15. The Balaban J connectivity index is 2.78. The predicted octanol–water partition coefficient (Wildman–Crippen LogP) is 0.364. The first-order valence-corrected chi connectivity index (χ1v) is 7.49. The highest BCUT2D eigenvalue weighted by molar-refractivity contribution is 7.80. The highest BCUT2D eigenvalue weighted by Gasteiger charge is 2.30. The summed E-state index contributed by atoms with van der Waals surface area (Å²) < 4.78 is 0. The SMILES string of the molecule is CCC1CN(C)CCCN1C(=O)C(CS)NC(C)=O. The van der Waals surface area contributed by atoms with E-state index in [9.17, 15) is 9.59 Å². The first kappa shape index (κ1) is 16.3. The monoisotopic (exact) mass is 287 g/mol. The minimum absolute atomic E-state index is 0.00708. The molecular formula is C13H25N3O2S. The van der Waals surface area contributed by atoms with Crippen molar-refractivity contribution in [2.45, 2.75) is 38.8 Å². The van der Waals surface area contributed by atoms with Gasteiger partial charge in [0.05, 0.1) is 0 Å². The number of nitrogens with zero attached hydrogens (tertiary/aromatic N) is 2. The summed E-state index contributed by atoms with van der Waals surface area (Å²) in [5, 5.41) is 2.68. The molecule has 1 aliphatic heterocycles. The van der Waals surface area contributed by atoms with Gasteiger partial charge < -0.3 is 15.1 Å². The Morgan fingerprint density at radius 2 is 2.11 bits per heavy atom. The lowest BCUT2D eigenvalue weighted by molar-refractivity contribution is -0.137. The smallest absolute Gasteiger partial charge is 0.246 e. The number of amides is 2. The molecule has 2 unspecified atom stereocenters. The van der Waals surface area contributed by atoms with E-state index in [1.807, 2.05) is 4.90 Å². The van der Waals surface area contributed by atoms with Gasteiger partial charge in [-0.25, -0.2) is 0 Å². The molecule has 0 aromatic carbocycles. The molecule has 0 aromatic heterocycles. The zero-order valence-corrected chi connectivity index (χ0v) is 12.9. The van der Waals surface area contributed by atoms with Crippen molar-refractivity contribution in [3.63, 3.8) is 0 Å². The van der Waals surface area contributed by atoms with Gasteiger partial charge in [-0.3, -0.25) is 9.59 Å². The Bertz CT molecular complexity index is 325. The minimum atomic E-state index is -0.515. The molecule has 5 nitrogen and oxygen atoms in total. The lowest BCUT2D eigenvalue weighted by Crippen LogP contribution is -2.53. The van der Waals surface area contributed by atoms with Gasteiger partial charge in [0, 0.05) is 31.8 Å². The summed E-state index contributed by atoms with van der Waals surface area (Å²) in [6.45, 7) is 6.18. The molecule has 0 spiro atoms. The minimum Gasteiger partial charge on any atom is -0.344 e. The number of rotatable bonds is 4. The zero-order valence-electron chi connectivity index (χ0n) is 12.1. The van der Waals surface area contributed by atoms with Crippen LogP contribution in [0, 0.1) is 0 Å². The van der Waals surface area contributed by atoms with E-state index in [1.165, 1.54) is 6.92 Å². The van der Waals surface area contributed by atoms with E-state index >= 15 is 0 Å². The molecule has 2 amide bonds. The first-order valence-electron chi connectivity index (χ1n) is 6.86. The largest absolute Gasteiger partial charge is 0.344 e. The molecule has 0 saturated carbocycles. The van der Waals surface area contributed by atoms with E-state index in [1.54, 1.807) is 0 Å². The number of hydrogen-bond donors (Lipinski definition) is 2. The molecule has 2 atom stereocenters. The van der Waals surface area contributed by atoms with Gasteiger partial charge >= 0.3 is 0 Å². The Labute approximate surface area is 121 Å². The molecule has 110 valence electrons. The lowest BCUT2D eigenvalue weighted by Gasteiger charge is -2.33. The quantitative estimate of drug-likeness (QED) is 0.734. The lowest BCUT2D eigenvalue weighted by atomic mass is 10.1. The van der Waals surface area contributed by atoms with E-state index in [-0.39, 0.29) is 17.9 Å². The standard InChI is InChI=1S/C13H25N3O2S/c1-4-11-8-15(3)6-5-7-16(11)13(18)12(9-19)14-10(2)17/h11-12,19H,4-9H2,1-3H3,(H,14,17). The van der Waals surface area contributed by atoms with E-state index < -0.39 is 6.04 Å². The van der Waals surface area contributed by atoms with Gasteiger partial charge in [-0.1, -0.05) is 6.92 Å². The average molecular weight is 287 g/mol. The summed E-state index contributed by atoms with van der Waals surface area (Å²) in [6, 6.07) is -0.297. The van der Waals surface area contributed by atoms with Crippen LogP contribution in [0.25, 0.3) is 0 Å². The molecule has 1 N–H and O–H groups in total. The van der Waals surface area contributed by atoms with E-state index in [0.29, 0.717) is 5.75 Å². The predicted molar refractivity (Wildman–Crippen MR) is 79.4 cm³/mol. The summed E-state index contributed by atoms with van der Waals surface area (Å²) in [5.41, 5.74) is 0. The van der Waals surface area contributed by atoms with E-state index in [4.69, 9.17) is 0 Å². The van der Waals surface area contributed by atoms with Crippen molar-refractivity contribution in [3.8, 4) is 0 Å². The average Bonchev–Trinajstić information content (AvgIpc) is 2.56. The van der Waals surface area contributed by atoms with Crippen LogP contribution in [0.5, 0.6) is 0 Å². The molecule has 0 aromatic rings. The third kappa shape index (κ3) is 4.69. The van der Waals surface area contributed by atoms with E-state index in [2.05, 4.69) is 36.8 Å². The highest BCUT2D eigenvalue weighted by Crippen LogP contribution is 2.14. The Morgan fingerprint density at radius 1 is 1.42 bits per heavy atom. The van der Waals surface area contributed by atoms with Gasteiger partial charge in [0.25, 0.3) is 0 Å². The Hall–Kier alpha value is -0.750. The molecule has 1 aliphatic rings. The summed E-state index contributed by atoms with van der Waals surface area (Å²) in [4.78, 5) is 27.9. The van der Waals surface area contributed by atoms with Crippen LogP contribution in [-0.2, 0) is 9.59 Å². The number of likely N-dealkylation sites (N-methyl/N-ethyl adjacent to an activating group) is 1. The zero-order chi connectivity index (χ0) is 14.4. The number of carbonyl (C=O) groups is 2. The molecule has 1 rings (SSSR count). The number of thiol groups is 1. The van der Waals surface area contributed by atoms with Crippen molar-refractivity contribution in [2.24, 2.45) is 0 Å². The van der Waals surface area contributed by atoms with E-state index in [0.717, 1.165) is 32.5 Å². The fraction of sp³-hybridized carbons (Fsp3) is 0.846. The van der Waals surface area contributed by atoms with Gasteiger partial charge in [-0.15, -0.1) is 0 Å². The molecule has 1 saturated heterocycles. The van der Waals surface area contributed by atoms with Crippen molar-refractivity contribution in [2.75, 3.05) is 32.4 Å². The molecule has 1 fully saturated rings. The maximum atomic E-state index is 12.5. The fourth-order valence-electron chi connectivity index (χ4n) is 2.51. The summed E-state index contributed by atoms with van der Waals surface area (Å²) in [7, 11) is 2.08. The molecule has 0 bridgehead atoms. The molecular weight excluding hydrogens is 262 g/mol.